The summed E-state index contributed by atoms with van der Waals surface area (Å²) in [4.78, 5) is 0. The number of halogens is 2. The molecular formula is C16H17BrFNO. The fourth-order valence-corrected chi connectivity index (χ4v) is 2.78. The molecule has 0 aliphatic rings. The number of methoxy groups -OCH3 is 1. The van der Waals surface area contributed by atoms with Gasteiger partial charge in [-0.05, 0) is 48.9 Å². The molecular weight excluding hydrogens is 321 g/mol. The average Bonchev–Trinajstić information content (AvgIpc) is 2.47. The van der Waals surface area contributed by atoms with Gasteiger partial charge in [0, 0.05) is 10.5 Å². The summed E-state index contributed by atoms with van der Waals surface area (Å²) in [6.07, 6.45) is 0.793. The summed E-state index contributed by atoms with van der Waals surface area (Å²) in [5.74, 6) is 0.609. The highest BCUT2D eigenvalue weighted by molar-refractivity contribution is 9.10. The van der Waals surface area contributed by atoms with Crippen LogP contribution < -0.4 is 10.1 Å². The second-order valence-electron chi connectivity index (χ2n) is 4.56. The molecule has 0 aromatic heterocycles. The molecule has 0 radical (unpaired) electrons. The van der Waals surface area contributed by atoms with Crippen LogP contribution in [0.4, 0.5) is 4.39 Å². The molecule has 0 spiro atoms. The van der Waals surface area contributed by atoms with Crippen molar-refractivity contribution in [3.63, 3.8) is 0 Å². The molecule has 2 aromatic carbocycles. The van der Waals surface area contributed by atoms with E-state index in [2.05, 4.69) is 21.2 Å². The highest BCUT2D eigenvalue weighted by Crippen LogP contribution is 2.29. The minimum absolute atomic E-state index is 0.153. The van der Waals surface area contributed by atoms with E-state index in [-0.39, 0.29) is 11.9 Å². The largest absolute Gasteiger partial charge is 0.497 e. The van der Waals surface area contributed by atoms with Gasteiger partial charge in [-0.25, -0.2) is 4.39 Å². The standard InChI is InChI=1S/C16H17BrFNO/c1-19-16(9-11-3-5-12(18)6-4-11)14-8-7-13(20-2)10-15(14)17/h3-8,10,16,19H,9H2,1-2H3. The highest BCUT2D eigenvalue weighted by Gasteiger charge is 2.14. The third-order valence-corrected chi connectivity index (χ3v) is 3.97. The van der Waals surface area contributed by atoms with Crippen LogP contribution in [0.1, 0.15) is 17.2 Å². The van der Waals surface area contributed by atoms with Crippen LogP contribution in [0.2, 0.25) is 0 Å². The lowest BCUT2D eigenvalue weighted by atomic mass is 9.99. The number of hydrogen-bond donors (Lipinski definition) is 1. The molecule has 0 amide bonds. The molecule has 0 aliphatic carbocycles. The summed E-state index contributed by atoms with van der Waals surface area (Å²) in [5.41, 5.74) is 2.24. The Balaban J connectivity index is 2.21. The van der Waals surface area contributed by atoms with E-state index in [0.717, 1.165) is 27.8 Å². The maximum Gasteiger partial charge on any atom is 0.123 e. The zero-order valence-electron chi connectivity index (χ0n) is 11.5. The van der Waals surface area contributed by atoms with E-state index in [1.807, 2.05) is 37.4 Å². The summed E-state index contributed by atoms with van der Waals surface area (Å²) in [5, 5.41) is 3.30. The molecule has 0 bridgehead atoms. The monoisotopic (exact) mass is 337 g/mol. The lowest BCUT2D eigenvalue weighted by molar-refractivity contribution is 0.414. The van der Waals surface area contributed by atoms with E-state index in [9.17, 15) is 4.39 Å². The molecule has 0 aliphatic heterocycles. The minimum Gasteiger partial charge on any atom is -0.497 e. The molecule has 0 fully saturated rings. The molecule has 2 rings (SSSR count). The van der Waals surface area contributed by atoms with Gasteiger partial charge in [-0.3, -0.25) is 0 Å². The van der Waals surface area contributed by atoms with Crippen LogP contribution in [-0.2, 0) is 6.42 Å². The van der Waals surface area contributed by atoms with Gasteiger partial charge in [0.05, 0.1) is 7.11 Å². The zero-order chi connectivity index (χ0) is 14.5. The summed E-state index contributed by atoms with van der Waals surface area (Å²) in [7, 11) is 3.57. The van der Waals surface area contributed by atoms with E-state index in [4.69, 9.17) is 4.74 Å². The van der Waals surface area contributed by atoms with Crippen LogP contribution >= 0.6 is 15.9 Å². The zero-order valence-corrected chi connectivity index (χ0v) is 13.1. The summed E-state index contributed by atoms with van der Waals surface area (Å²) in [6, 6.07) is 12.7. The maximum absolute atomic E-state index is 12.9. The Hall–Kier alpha value is -1.39. The highest BCUT2D eigenvalue weighted by atomic mass is 79.9. The molecule has 0 saturated carbocycles. The fraction of sp³-hybridized carbons (Fsp3) is 0.250. The van der Waals surface area contributed by atoms with Crippen molar-refractivity contribution >= 4 is 15.9 Å². The molecule has 1 unspecified atom stereocenters. The molecule has 0 saturated heterocycles. The number of nitrogens with one attached hydrogen (secondary N) is 1. The lowest BCUT2D eigenvalue weighted by Gasteiger charge is -2.19. The van der Waals surface area contributed by atoms with E-state index < -0.39 is 0 Å². The Labute approximate surface area is 127 Å². The number of likely N-dealkylation sites (N-methyl/N-ethyl adjacent to an activating group) is 1. The van der Waals surface area contributed by atoms with Crippen LogP contribution in [0.5, 0.6) is 5.75 Å². The van der Waals surface area contributed by atoms with Gasteiger partial charge in [-0.2, -0.15) is 0 Å². The normalized spacial score (nSPS) is 12.2. The first-order valence-electron chi connectivity index (χ1n) is 6.39. The second kappa shape index (κ2) is 6.86. The van der Waals surface area contributed by atoms with Gasteiger partial charge >= 0.3 is 0 Å². The van der Waals surface area contributed by atoms with E-state index in [0.29, 0.717) is 0 Å². The molecule has 106 valence electrons. The first-order chi connectivity index (χ1) is 9.63. The smallest absolute Gasteiger partial charge is 0.123 e. The third kappa shape index (κ3) is 3.58. The average molecular weight is 338 g/mol. The van der Waals surface area contributed by atoms with Gasteiger partial charge in [-0.1, -0.05) is 34.1 Å². The Morgan fingerprint density at radius 2 is 1.90 bits per heavy atom. The van der Waals surface area contributed by atoms with Gasteiger partial charge in [0.1, 0.15) is 11.6 Å². The maximum atomic E-state index is 12.9. The van der Waals surface area contributed by atoms with Crippen LogP contribution in [0, 0.1) is 5.82 Å². The van der Waals surface area contributed by atoms with E-state index >= 15 is 0 Å². The van der Waals surface area contributed by atoms with Crippen molar-refractivity contribution in [2.75, 3.05) is 14.2 Å². The Bertz CT molecular complexity index is 571. The van der Waals surface area contributed by atoms with Crippen molar-refractivity contribution in [1.29, 1.82) is 0 Å². The first kappa shape index (κ1) is 15.0. The van der Waals surface area contributed by atoms with Gasteiger partial charge in [-0.15, -0.1) is 0 Å². The van der Waals surface area contributed by atoms with Crippen molar-refractivity contribution < 1.29 is 9.13 Å². The number of hydrogen-bond acceptors (Lipinski definition) is 2. The Morgan fingerprint density at radius 3 is 2.45 bits per heavy atom. The summed E-state index contributed by atoms with van der Waals surface area (Å²) < 4.78 is 19.1. The molecule has 2 nitrogen and oxygen atoms in total. The SMILES string of the molecule is CNC(Cc1ccc(F)cc1)c1ccc(OC)cc1Br. The van der Waals surface area contributed by atoms with Crippen LogP contribution in [0.25, 0.3) is 0 Å². The topological polar surface area (TPSA) is 21.3 Å². The summed E-state index contributed by atoms with van der Waals surface area (Å²) >= 11 is 3.57. The molecule has 1 atom stereocenters. The predicted molar refractivity (Wildman–Crippen MR) is 82.6 cm³/mol. The number of rotatable bonds is 5. The molecule has 0 heterocycles. The predicted octanol–water partition coefficient (Wildman–Crippen LogP) is 4.10. The van der Waals surface area contributed by atoms with Crippen molar-refractivity contribution in [1.82, 2.24) is 5.32 Å². The fourth-order valence-electron chi connectivity index (χ4n) is 2.14. The molecule has 4 heteroatoms. The van der Waals surface area contributed by atoms with Gasteiger partial charge in [0.15, 0.2) is 0 Å². The second-order valence-corrected chi connectivity index (χ2v) is 5.41. The van der Waals surface area contributed by atoms with Gasteiger partial charge < -0.3 is 10.1 Å². The first-order valence-corrected chi connectivity index (χ1v) is 7.18. The number of benzene rings is 2. The molecule has 1 N–H and O–H groups in total. The van der Waals surface area contributed by atoms with Gasteiger partial charge in [0.25, 0.3) is 0 Å². The van der Waals surface area contributed by atoms with Crippen LogP contribution in [-0.4, -0.2) is 14.2 Å². The number of ether oxygens (including phenoxy) is 1. The van der Waals surface area contributed by atoms with Crippen molar-refractivity contribution in [2.24, 2.45) is 0 Å². The van der Waals surface area contributed by atoms with Crippen molar-refractivity contribution in [2.45, 2.75) is 12.5 Å². The van der Waals surface area contributed by atoms with Crippen LogP contribution in [0.15, 0.2) is 46.9 Å². The lowest BCUT2D eigenvalue weighted by Crippen LogP contribution is -2.19. The van der Waals surface area contributed by atoms with E-state index in [1.54, 1.807) is 7.11 Å². The molecule has 2 aromatic rings. The Morgan fingerprint density at radius 1 is 1.20 bits per heavy atom. The minimum atomic E-state index is -0.208. The quantitative estimate of drug-likeness (QED) is 0.886. The van der Waals surface area contributed by atoms with Crippen LogP contribution in [0.3, 0.4) is 0 Å². The van der Waals surface area contributed by atoms with Crippen molar-refractivity contribution in [3.8, 4) is 5.75 Å². The molecule has 20 heavy (non-hydrogen) atoms. The summed E-state index contributed by atoms with van der Waals surface area (Å²) in [6.45, 7) is 0. The van der Waals surface area contributed by atoms with E-state index in [1.165, 1.54) is 12.1 Å². The van der Waals surface area contributed by atoms with Crippen molar-refractivity contribution in [3.05, 3.63) is 63.9 Å². The van der Waals surface area contributed by atoms with Gasteiger partial charge in [0.2, 0.25) is 0 Å². The third-order valence-electron chi connectivity index (χ3n) is 3.28. The Kier molecular flexibility index (Phi) is 5.15.